The second kappa shape index (κ2) is 5.31. The van der Waals surface area contributed by atoms with E-state index >= 15 is 0 Å². The molecule has 0 radical (unpaired) electrons. The Morgan fingerprint density at radius 1 is 1.35 bits per heavy atom. The lowest BCUT2D eigenvalue weighted by Gasteiger charge is -2.17. The van der Waals surface area contributed by atoms with Crippen LogP contribution in [0.15, 0.2) is 36.4 Å². The van der Waals surface area contributed by atoms with Crippen molar-refractivity contribution in [2.45, 2.75) is 19.3 Å². The van der Waals surface area contributed by atoms with Crippen LogP contribution in [0.1, 0.15) is 24.8 Å². The van der Waals surface area contributed by atoms with Crippen LogP contribution in [0.2, 0.25) is 0 Å². The predicted molar refractivity (Wildman–Crippen MR) is 66.3 cm³/mol. The minimum absolute atomic E-state index is 0.0112. The van der Waals surface area contributed by atoms with E-state index in [2.05, 4.69) is 17.5 Å². The molecule has 0 saturated carbocycles. The lowest BCUT2D eigenvalue weighted by molar-refractivity contribution is -0.120. The van der Waals surface area contributed by atoms with Crippen molar-refractivity contribution in [3.8, 4) is 6.07 Å². The molecule has 0 saturated heterocycles. The number of amides is 1. The van der Waals surface area contributed by atoms with E-state index in [1.807, 2.05) is 12.1 Å². The first-order chi connectivity index (χ1) is 8.31. The van der Waals surface area contributed by atoms with E-state index in [-0.39, 0.29) is 11.8 Å². The Morgan fingerprint density at radius 3 is 2.88 bits per heavy atom. The minimum Gasteiger partial charge on any atom is -0.325 e. The number of nitriles is 1. The molecule has 0 fully saturated rings. The summed E-state index contributed by atoms with van der Waals surface area (Å²) in [5.74, 6) is 0.0452. The summed E-state index contributed by atoms with van der Waals surface area (Å²) in [5, 5.41) is 11.8. The SMILES string of the molecule is N#Cc1ccccc1NC(=O)C1CC=CCC1. The Kier molecular flexibility index (Phi) is 3.56. The summed E-state index contributed by atoms with van der Waals surface area (Å²) in [6.45, 7) is 0. The highest BCUT2D eigenvalue weighted by Gasteiger charge is 2.19. The van der Waals surface area contributed by atoms with Gasteiger partial charge in [0.1, 0.15) is 6.07 Å². The first-order valence-electron chi connectivity index (χ1n) is 5.76. The zero-order valence-corrected chi connectivity index (χ0v) is 9.52. The van der Waals surface area contributed by atoms with E-state index < -0.39 is 0 Å². The normalized spacial score (nSPS) is 18.4. The van der Waals surface area contributed by atoms with Gasteiger partial charge in [-0.25, -0.2) is 0 Å². The van der Waals surface area contributed by atoms with E-state index in [0.717, 1.165) is 19.3 Å². The molecule has 0 aromatic heterocycles. The van der Waals surface area contributed by atoms with E-state index in [9.17, 15) is 4.79 Å². The van der Waals surface area contributed by atoms with Gasteiger partial charge >= 0.3 is 0 Å². The van der Waals surface area contributed by atoms with Crippen molar-refractivity contribution in [3.63, 3.8) is 0 Å². The van der Waals surface area contributed by atoms with Crippen LogP contribution >= 0.6 is 0 Å². The number of anilines is 1. The van der Waals surface area contributed by atoms with Gasteiger partial charge in [-0.2, -0.15) is 5.26 Å². The number of benzene rings is 1. The fraction of sp³-hybridized carbons (Fsp3) is 0.286. The highest BCUT2D eigenvalue weighted by molar-refractivity contribution is 5.93. The predicted octanol–water partition coefficient (Wildman–Crippen LogP) is 2.85. The van der Waals surface area contributed by atoms with Gasteiger partial charge in [0, 0.05) is 5.92 Å². The maximum Gasteiger partial charge on any atom is 0.227 e. The number of carbonyl (C=O) groups excluding carboxylic acids is 1. The van der Waals surface area contributed by atoms with Crippen LogP contribution in [0.25, 0.3) is 0 Å². The third kappa shape index (κ3) is 2.73. The Bertz CT molecular complexity index is 485. The number of hydrogen-bond acceptors (Lipinski definition) is 2. The van der Waals surface area contributed by atoms with Crippen molar-refractivity contribution in [2.75, 3.05) is 5.32 Å². The summed E-state index contributed by atoms with van der Waals surface area (Å²) in [4.78, 5) is 12.0. The Balaban J connectivity index is 2.08. The molecule has 86 valence electrons. The average Bonchev–Trinajstić information content (AvgIpc) is 2.40. The summed E-state index contributed by atoms with van der Waals surface area (Å²) in [7, 11) is 0. The standard InChI is InChI=1S/C14H14N2O/c15-10-12-8-4-5-9-13(12)16-14(17)11-6-2-1-3-7-11/h1-2,4-5,8-9,11H,3,6-7H2,(H,16,17). The second-order valence-electron chi connectivity index (χ2n) is 4.13. The first kappa shape index (κ1) is 11.4. The molecule has 17 heavy (non-hydrogen) atoms. The highest BCUT2D eigenvalue weighted by atomic mass is 16.1. The summed E-state index contributed by atoms with van der Waals surface area (Å²) in [6.07, 6.45) is 6.78. The lowest BCUT2D eigenvalue weighted by atomic mass is 9.93. The summed E-state index contributed by atoms with van der Waals surface area (Å²) in [5.41, 5.74) is 1.11. The maximum atomic E-state index is 12.0. The molecule has 0 spiro atoms. The first-order valence-corrected chi connectivity index (χ1v) is 5.76. The summed E-state index contributed by atoms with van der Waals surface area (Å²) < 4.78 is 0. The third-order valence-electron chi connectivity index (χ3n) is 2.95. The minimum atomic E-state index is 0.0112. The summed E-state index contributed by atoms with van der Waals surface area (Å²) >= 11 is 0. The molecule has 1 amide bonds. The van der Waals surface area contributed by atoms with Crippen LogP contribution in [-0.4, -0.2) is 5.91 Å². The van der Waals surface area contributed by atoms with Crippen molar-refractivity contribution < 1.29 is 4.79 Å². The molecule has 1 unspecified atom stereocenters. The molecule has 1 aromatic carbocycles. The fourth-order valence-electron chi connectivity index (χ4n) is 1.96. The number of carbonyl (C=O) groups is 1. The van der Waals surface area contributed by atoms with Crippen LogP contribution in [-0.2, 0) is 4.79 Å². The maximum absolute atomic E-state index is 12.0. The van der Waals surface area contributed by atoms with E-state index in [1.54, 1.807) is 18.2 Å². The molecule has 1 N–H and O–H groups in total. The van der Waals surface area contributed by atoms with Crippen molar-refractivity contribution in [1.29, 1.82) is 5.26 Å². The molecule has 3 nitrogen and oxygen atoms in total. The van der Waals surface area contributed by atoms with Gasteiger partial charge in [0.15, 0.2) is 0 Å². The van der Waals surface area contributed by atoms with Gasteiger partial charge in [0.25, 0.3) is 0 Å². The molecule has 1 aromatic rings. The Hall–Kier alpha value is -2.08. The molecule has 0 bridgehead atoms. The molecule has 3 heteroatoms. The third-order valence-corrected chi connectivity index (χ3v) is 2.95. The van der Waals surface area contributed by atoms with Crippen molar-refractivity contribution >= 4 is 11.6 Å². The number of nitrogens with one attached hydrogen (secondary N) is 1. The van der Waals surface area contributed by atoms with Crippen molar-refractivity contribution in [1.82, 2.24) is 0 Å². The zero-order chi connectivity index (χ0) is 12.1. The van der Waals surface area contributed by atoms with Crippen LogP contribution in [0.4, 0.5) is 5.69 Å². The number of para-hydroxylation sites is 1. The fourth-order valence-corrected chi connectivity index (χ4v) is 1.96. The molecule has 1 atom stereocenters. The largest absolute Gasteiger partial charge is 0.325 e. The van der Waals surface area contributed by atoms with Gasteiger partial charge in [-0.15, -0.1) is 0 Å². The van der Waals surface area contributed by atoms with E-state index in [4.69, 9.17) is 5.26 Å². The molecule has 0 aliphatic heterocycles. The highest BCUT2D eigenvalue weighted by Crippen LogP contribution is 2.21. The number of rotatable bonds is 2. The molecule has 0 heterocycles. The molecule has 2 rings (SSSR count). The van der Waals surface area contributed by atoms with Crippen LogP contribution < -0.4 is 5.32 Å². The topological polar surface area (TPSA) is 52.9 Å². The Labute approximate surface area is 101 Å². The quantitative estimate of drug-likeness (QED) is 0.788. The van der Waals surface area contributed by atoms with Crippen LogP contribution in [0.3, 0.4) is 0 Å². The van der Waals surface area contributed by atoms with Gasteiger partial charge in [-0.05, 0) is 31.4 Å². The number of hydrogen-bond donors (Lipinski definition) is 1. The van der Waals surface area contributed by atoms with Crippen molar-refractivity contribution in [3.05, 3.63) is 42.0 Å². The second-order valence-corrected chi connectivity index (χ2v) is 4.13. The Morgan fingerprint density at radius 2 is 2.18 bits per heavy atom. The van der Waals surface area contributed by atoms with Crippen LogP contribution in [0, 0.1) is 17.2 Å². The molecule has 1 aliphatic carbocycles. The van der Waals surface area contributed by atoms with E-state index in [0.29, 0.717) is 11.3 Å². The smallest absolute Gasteiger partial charge is 0.227 e. The van der Waals surface area contributed by atoms with E-state index in [1.165, 1.54) is 0 Å². The van der Waals surface area contributed by atoms with Gasteiger partial charge in [-0.3, -0.25) is 4.79 Å². The zero-order valence-electron chi connectivity index (χ0n) is 9.52. The van der Waals surface area contributed by atoms with Crippen molar-refractivity contribution in [2.24, 2.45) is 5.92 Å². The van der Waals surface area contributed by atoms with Gasteiger partial charge < -0.3 is 5.32 Å². The van der Waals surface area contributed by atoms with Gasteiger partial charge in [-0.1, -0.05) is 24.3 Å². The monoisotopic (exact) mass is 226 g/mol. The molecular formula is C14H14N2O. The summed E-state index contributed by atoms with van der Waals surface area (Å²) in [6, 6.07) is 9.14. The molecule has 1 aliphatic rings. The van der Waals surface area contributed by atoms with Gasteiger partial charge in [0.2, 0.25) is 5.91 Å². The van der Waals surface area contributed by atoms with Gasteiger partial charge in [0.05, 0.1) is 11.3 Å². The number of allylic oxidation sites excluding steroid dienone is 2. The molecular weight excluding hydrogens is 212 g/mol. The van der Waals surface area contributed by atoms with Crippen LogP contribution in [0.5, 0.6) is 0 Å². The average molecular weight is 226 g/mol. The lowest BCUT2D eigenvalue weighted by Crippen LogP contribution is -2.23. The number of nitrogens with zero attached hydrogens (tertiary/aromatic N) is 1.